The first-order valence-electron chi connectivity index (χ1n) is 6.06. The van der Waals surface area contributed by atoms with E-state index in [4.69, 9.17) is 4.74 Å². The number of halogens is 1. The van der Waals surface area contributed by atoms with Gasteiger partial charge in [0.1, 0.15) is 0 Å². The molecule has 0 spiro atoms. The van der Waals surface area contributed by atoms with E-state index >= 15 is 0 Å². The van der Waals surface area contributed by atoms with Gasteiger partial charge in [-0.3, -0.25) is 9.58 Å². The van der Waals surface area contributed by atoms with Crippen molar-refractivity contribution >= 4 is 15.9 Å². The fourth-order valence-electron chi connectivity index (χ4n) is 1.69. The van der Waals surface area contributed by atoms with Crippen molar-refractivity contribution in [3.05, 3.63) is 15.9 Å². The number of aryl methyl sites for hydroxylation is 2. The van der Waals surface area contributed by atoms with Crippen LogP contribution in [0.4, 0.5) is 0 Å². The first kappa shape index (κ1) is 14.7. The summed E-state index contributed by atoms with van der Waals surface area (Å²) in [5, 5.41) is 4.49. The Hall–Kier alpha value is -0.390. The molecule has 0 aliphatic rings. The van der Waals surface area contributed by atoms with Gasteiger partial charge in [-0.1, -0.05) is 6.92 Å². The summed E-state index contributed by atoms with van der Waals surface area (Å²) in [5.74, 6) is 0. The van der Waals surface area contributed by atoms with Crippen LogP contribution in [-0.2, 0) is 24.8 Å². The summed E-state index contributed by atoms with van der Waals surface area (Å²) in [5.41, 5.74) is 2.35. The van der Waals surface area contributed by atoms with Gasteiger partial charge in [-0.05, 0) is 36.3 Å². The molecule has 0 unspecified atom stereocenters. The van der Waals surface area contributed by atoms with Crippen LogP contribution in [0.15, 0.2) is 4.47 Å². The third-order valence-electron chi connectivity index (χ3n) is 2.74. The third kappa shape index (κ3) is 4.08. The molecule has 4 nitrogen and oxygen atoms in total. The Morgan fingerprint density at radius 1 is 1.41 bits per heavy atom. The summed E-state index contributed by atoms with van der Waals surface area (Å²) in [4.78, 5) is 2.25. The van der Waals surface area contributed by atoms with Gasteiger partial charge < -0.3 is 4.74 Å². The van der Waals surface area contributed by atoms with Crippen molar-refractivity contribution in [3.8, 4) is 0 Å². The Labute approximate surface area is 112 Å². The van der Waals surface area contributed by atoms with Crippen molar-refractivity contribution in [2.24, 2.45) is 7.05 Å². The molecule has 0 aliphatic heterocycles. The number of rotatable bonds is 7. The van der Waals surface area contributed by atoms with E-state index in [0.717, 1.165) is 42.9 Å². The van der Waals surface area contributed by atoms with Crippen LogP contribution in [0, 0.1) is 0 Å². The van der Waals surface area contributed by atoms with Crippen molar-refractivity contribution in [1.82, 2.24) is 14.7 Å². The summed E-state index contributed by atoms with van der Waals surface area (Å²) >= 11 is 3.63. The van der Waals surface area contributed by atoms with Gasteiger partial charge in [0.15, 0.2) is 0 Å². The minimum Gasteiger partial charge on any atom is -0.380 e. The lowest BCUT2D eigenvalue weighted by atomic mass is 10.3. The molecule has 0 saturated heterocycles. The van der Waals surface area contributed by atoms with Gasteiger partial charge in [-0.25, -0.2) is 0 Å². The summed E-state index contributed by atoms with van der Waals surface area (Å²) < 4.78 is 8.46. The van der Waals surface area contributed by atoms with Crippen molar-refractivity contribution < 1.29 is 4.74 Å². The van der Waals surface area contributed by atoms with E-state index < -0.39 is 0 Å². The highest BCUT2D eigenvalue weighted by molar-refractivity contribution is 9.10. The molecule has 0 radical (unpaired) electrons. The zero-order chi connectivity index (χ0) is 12.8. The lowest BCUT2D eigenvalue weighted by Gasteiger charge is -2.16. The van der Waals surface area contributed by atoms with E-state index in [1.807, 2.05) is 18.7 Å². The van der Waals surface area contributed by atoms with Crippen molar-refractivity contribution in [1.29, 1.82) is 0 Å². The number of hydrogen-bond donors (Lipinski definition) is 0. The molecule has 1 rings (SSSR count). The Bertz CT molecular complexity index is 352. The van der Waals surface area contributed by atoms with Gasteiger partial charge in [-0.2, -0.15) is 5.10 Å². The van der Waals surface area contributed by atoms with Crippen LogP contribution < -0.4 is 0 Å². The van der Waals surface area contributed by atoms with Crippen LogP contribution in [0.3, 0.4) is 0 Å². The maximum atomic E-state index is 5.35. The van der Waals surface area contributed by atoms with E-state index in [2.05, 4.69) is 39.9 Å². The maximum absolute atomic E-state index is 5.35. The zero-order valence-electron chi connectivity index (χ0n) is 11.2. The van der Waals surface area contributed by atoms with Gasteiger partial charge >= 0.3 is 0 Å². The summed E-state index contributed by atoms with van der Waals surface area (Å²) in [7, 11) is 4.10. The van der Waals surface area contributed by atoms with Crippen LogP contribution in [0.2, 0.25) is 0 Å². The fourth-order valence-corrected chi connectivity index (χ4v) is 2.43. The second kappa shape index (κ2) is 7.13. The Balaban J connectivity index is 2.58. The minimum absolute atomic E-state index is 0.781. The standard InChI is InChI=1S/C12H22BrN3O/c1-5-10-12(13)11(16(4)14-10)9-15(3)7-8-17-6-2/h5-9H2,1-4H3. The number of hydrogen-bond acceptors (Lipinski definition) is 3. The Morgan fingerprint density at radius 2 is 2.12 bits per heavy atom. The van der Waals surface area contributed by atoms with E-state index in [0.29, 0.717) is 0 Å². The SMILES string of the molecule is CCOCCN(C)Cc1c(Br)c(CC)nn1C. The number of ether oxygens (including phenoxy) is 1. The molecule has 5 heteroatoms. The summed E-state index contributed by atoms with van der Waals surface area (Å²) in [6.07, 6.45) is 0.955. The topological polar surface area (TPSA) is 30.3 Å². The average molecular weight is 304 g/mol. The molecule has 0 fully saturated rings. The molecule has 1 aromatic heterocycles. The average Bonchev–Trinajstić information content (AvgIpc) is 2.57. The number of aromatic nitrogens is 2. The second-order valence-corrected chi connectivity index (χ2v) is 4.91. The molecule has 1 aromatic rings. The van der Waals surface area contributed by atoms with Gasteiger partial charge in [0.25, 0.3) is 0 Å². The number of nitrogens with zero attached hydrogens (tertiary/aromatic N) is 3. The minimum atomic E-state index is 0.781. The van der Waals surface area contributed by atoms with Crippen LogP contribution in [-0.4, -0.2) is 41.5 Å². The highest BCUT2D eigenvalue weighted by atomic mass is 79.9. The molecule has 17 heavy (non-hydrogen) atoms. The molecule has 0 aliphatic carbocycles. The van der Waals surface area contributed by atoms with Crippen molar-refractivity contribution in [2.45, 2.75) is 26.8 Å². The number of likely N-dealkylation sites (N-methyl/N-ethyl adjacent to an activating group) is 1. The third-order valence-corrected chi connectivity index (χ3v) is 3.66. The molecule has 0 saturated carbocycles. The van der Waals surface area contributed by atoms with Gasteiger partial charge in [0.05, 0.1) is 22.5 Å². The quantitative estimate of drug-likeness (QED) is 0.724. The van der Waals surface area contributed by atoms with Gasteiger partial charge in [0, 0.05) is 26.7 Å². The molecular weight excluding hydrogens is 282 g/mol. The second-order valence-electron chi connectivity index (χ2n) is 4.12. The monoisotopic (exact) mass is 303 g/mol. The van der Waals surface area contributed by atoms with Gasteiger partial charge in [-0.15, -0.1) is 0 Å². The Morgan fingerprint density at radius 3 is 2.65 bits per heavy atom. The molecule has 0 amide bonds. The lowest BCUT2D eigenvalue weighted by molar-refractivity contribution is 0.119. The molecule has 0 bridgehead atoms. The molecule has 1 heterocycles. The molecule has 0 N–H and O–H groups in total. The van der Waals surface area contributed by atoms with E-state index in [1.165, 1.54) is 5.69 Å². The highest BCUT2D eigenvalue weighted by Crippen LogP contribution is 2.22. The van der Waals surface area contributed by atoms with E-state index in [-0.39, 0.29) is 0 Å². The maximum Gasteiger partial charge on any atom is 0.0767 e. The molecule has 0 aromatic carbocycles. The summed E-state index contributed by atoms with van der Waals surface area (Å²) in [6, 6.07) is 0. The first-order valence-corrected chi connectivity index (χ1v) is 6.85. The smallest absolute Gasteiger partial charge is 0.0767 e. The highest BCUT2D eigenvalue weighted by Gasteiger charge is 2.13. The first-order chi connectivity index (χ1) is 8.10. The van der Waals surface area contributed by atoms with Crippen LogP contribution in [0.1, 0.15) is 25.2 Å². The van der Waals surface area contributed by atoms with Gasteiger partial charge in [0.2, 0.25) is 0 Å². The lowest BCUT2D eigenvalue weighted by Crippen LogP contribution is -2.24. The Kier molecular flexibility index (Phi) is 6.16. The fraction of sp³-hybridized carbons (Fsp3) is 0.750. The largest absolute Gasteiger partial charge is 0.380 e. The predicted octanol–water partition coefficient (Wildman–Crippen LogP) is 2.21. The molecule has 0 atom stereocenters. The van der Waals surface area contributed by atoms with Crippen LogP contribution >= 0.6 is 15.9 Å². The van der Waals surface area contributed by atoms with Crippen LogP contribution in [0.25, 0.3) is 0 Å². The molecule has 98 valence electrons. The van der Waals surface area contributed by atoms with E-state index in [1.54, 1.807) is 0 Å². The predicted molar refractivity (Wildman–Crippen MR) is 73.1 cm³/mol. The van der Waals surface area contributed by atoms with Crippen molar-refractivity contribution in [3.63, 3.8) is 0 Å². The van der Waals surface area contributed by atoms with Crippen molar-refractivity contribution in [2.75, 3.05) is 26.8 Å². The zero-order valence-corrected chi connectivity index (χ0v) is 12.7. The molecular formula is C12H22BrN3O. The van der Waals surface area contributed by atoms with Crippen LogP contribution in [0.5, 0.6) is 0 Å². The van der Waals surface area contributed by atoms with E-state index in [9.17, 15) is 0 Å². The summed E-state index contributed by atoms with van der Waals surface area (Å²) in [6.45, 7) is 7.53. The normalized spacial score (nSPS) is 11.4.